The maximum Gasteiger partial charge on any atom is 0.162 e. The van der Waals surface area contributed by atoms with Gasteiger partial charge in [-0.15, -0.1) is 4.21 Å². The van der Waals surface area contributed by atoms with Gasteiger partial charge in [-0.3, -0.25) is 4.90 Å². The molecule has 6 rings (SSSR count). The molecule has 1 atom stereocenters. The molecule has 2 aromatic heterocycles. The first kappa shape index (κ1) is 22.8. The number of ether oxygens (including phenoxy) is 1. The van der Waals surface area contributed by atoms with Crippen LogP contribution in [0.4, 0.5) is 0 Å². The Bertz CT molecular complexity index is 1560. The Morgan fingerprint density at radius 2 is 1.67 bits per heavy atom. The third kappa shape index (κ3) is 4.39. The van der Waals surface area contributed by atoms with Gasteiger partial charge in [-0.25, -0.2) is 9.50 Å². The molecule has 0 bridgehead atoms. The van der Waals surface area contributed by atoms with E-state index in [0.717, 1.165) is 39.9 Å². The van der Waals surface area contributed by atoms with E-state index in [9.17, 15) is 8.76 Å². The fourth-order valence-corrected chi connectivity index (χ4v) is 5.52. The van der Waals surface area contributed by atoms with Gasteiger partial charge in [-0.1, -0.05) is 30.3 Å². The predicted molar refractivity (Wildman–Crippen MR) is 141 cm³/mol. The van der Waals surface area contributed by atoms with Crippen LogP contribution >= 0.6 is 0 Å². The number of fused-ring (bicyclic) bond motifs is 2. The van der Waals surface area contributed by atoms with Crippen LogP contribution in [0.1, 0.15) is 12.8 Å². The minimum absolute atomic E-state index is 0.319. The van der Waals surface area contributed by atoms with Gasteiger partial charge in [-0.2, -0.15) is 5.10 Å². The summed E-state index contributed by atoms with van der Waals surface area (Å²) in [5.41, 5.74) is 4.45. The Kier molecular flexibility index (Phi) is 6.23. The van der Waals surface area contributed by atoms with Gasteiger partial charge >= 0.3 is 0 Å². The van der Waals surface area contributed by atoms with Gasteiger partial charge in [0.15, 0.2) is 10.5 Å². The maximum atomic E-state index is 11.7. The molecule has 8 heteroatoms. The highest BCUT2D eigenvalue weighted by Gasteiger charge is 2.16. The monoisotopic (exact) mass is 498 g/mol. The molecule has 7 nitrogen and oxygen atoms in total. The van der Waals surface area contributed by atoms with E-state index in [1.165, 1.54) is 25.9 Å². The molecule has 0 aliphatic carbocycles. The third-order valence-corrected chi connectivity index (χ3v) is 7.59. The van der Waals surface area contributed by atoms with Crippen molar-refractivity contribution >= 4 is 27.5 Å². The Labute approximate surface area is 211 Å². The molecule has 0 amide bonds. The van der Waals surface area contributed by atoms with E-state index in [2.05, 4.69) is 10.00 Å². The zero-order valence-corrected chi connectivity index (χ0v) is 20.6. The first-order valence-electron chi connectivity index (χ1n) is 12.1. The fraction of sp³-hybridized carbons (Fsp3) is 0.214. The van der Waals surface area contributed by atoms with Crippen LogP contribution in [0.15, 0.2) is 84.1 Å². The van der Waals surface area contributed by atoms with Crippen LogP contribution in [0.25, 0.3) is 38.7 Å². The third-order valence-electron chi connectivity index (χ3n) is 6.81. The summed E-state index contributed by atoms with van der Waals surface area (Å²) in [6.45, 7) is 4.02. The van der Waals surface area contributed by atoms with Gasteiger partial charge in [0.25, 0.3) is 0 Å². The average Bonchev–Trinajstić information content (AvgIpc) is 3.58. The van der Waals surface area contributed by atoms with Crippen LogP contribution in [0.2, 0.25) is 0 Å². The first-order chi connectivity index (χ1) is 17.7. The Hall–Kier alpha value is -3.59. The molecule has 3 heterocycles. The lowest BCUT2D eigenvalue weighted by atomic mass is 10.00. The smallest absolute Gasteiger partial charge is 0.162 e. The summed E-state index contributed by atoms with van der Waals surface area (Å²) in [6, 6.07) is 19.1. The number of likely N-dealkylation sites (tertiary alicyclic amines) is 1. The number of nitrogens with zero attached hydrogens (tertiary/aromatic N) is 4. The van der Waals surface area contributed by atoms with E-state index in [-0.39, 0.29) is 0 Å². The van der Waals surface area contributed by atoms with Crippen molar-refractivity contribution in [1.29, 1.82) is 0 Å². The van der Waals surface area contributed by atoms with Crippen LogP contribution in [0.3, 0.4) is 0 Å². The summed E-state index contributed by atoms with van der Waals surface area (Å²) in [7, 11) is 0. The van der Waals surface area contributed by atoms with Crippen molar-refractivity contribution in [2.75, 3.05) is 26.2 Å². The van der Waals surface area contributed by atoms with Gasteiger partial charge in [-0.05, 0) is 72.8 Å². The van der Waals surface area contributed by atoms with Crippen molar-refractivity contribution < 1.29 is 13.5 Å². The van der Waals surface area contributed by atoms with Gasteiger partial charge in [0.2, 0.25) is 0 Å². The number of aromatic nitrogens is 3. The molecule has 1 fully saturated rings. The Morgan fingerprint density at radius 1 is 0.889 bits per heavy atom. The number of rotatable bonds is 7. The van der Waals surface area contributed by atoms with Crippen LogP contribution < -0.4 is 4.74 Å². The summed E-state index contributed by atoms with van der Waals surface area (Å²) in [4.78, 5) is 7.48. The molecule has 1 saturated heterocycles. The summed E-state index contributed by atoms with van der Waals surface area (Å²) in [6.07, 6.45) is 8.16. The quantitative estimate of drug-likeness (QED) is 0.235. The van der Waals surface area contributed by atoms with Crippen LogP contribution in [0, 0.1) is 0 Å². The minimum atomic E-state index is -2.69. The Balaban J connectivity index is 1.26. The van der Waals surface area contributed by atoms with Gasteiger partial charge in [0, 0.05) is 35.5 Å². The summed E-state index contributed by atoms with van der Waals surface area (Å²) < 4.78 is 31.1. The van der Waals surface area contributed by atoms with Crippen LogP contribution in [0.5, 0.6) is 5.75 Å². The van der Waals surface area contributed by atoms with Crippen molar-refractivity contribution in [1.82, 2.24) is 19.5 Å². The molecular formula is C28H26N4O3S. The molecular weight excluding hydrogens is 472 g/mol. The molecule has 0 radical (unpaired) electrons. The second-order valence-electron chi connectivity index (χ2n) is 9.03. The topological polar surface area (TPSA) is 82.8 Å². The number of hydrogen-bond donors (Lipinski definition) is 0. The largest absolute Gasteiger partial charge is 0.612 e. The van der Waals surface area contributed by atoms with Crippen molar-refractivity contribution in [3.8, 4) is 28.0 Å². The summed E-state index contributed by atoms with van der Waals surface area (Å²) in [5, 5.41) is 6.10. The van der Waals surface area contributed by atoms with E-state index in [1.807, 2.05) is 67.0 Å². The highest BCUT2D eigenvalue weighted by Crippen LogP contribution is 2.34. The van der Waals surface area contributed by atoms with E-state index in [0.29, 0.717) is 22.5 Å². The van der Waals surface area contributed by atoms with E-state index >= 15 is 0 Å². The lowest BCUT2D eigenvalue weighted by Gasteiger charge is -2.15. The van der Waals surface area contributed by atoms with Gasteiger partial charge in [0.05, 0.1) is 17.3 Å². The van der Waals surface area contributed by atoms with E-state index < -0.39 is 11.1 Å². The van der Waals surface area contributed by atoms with Crippen LogP contribution in [-0.4, -0.2) is 50.3 Å². The molecule has 3 aromatic carbocycles. The zero-order valence-electron chi connectivity index (χ0n) is 19.7. The lowest BCUT2D eigenvalue weighted by Crippen LogP contribution is -2.25. The van der Waals surface area contributed by atoms with E-state index in [4.69, 9.17) is 9.72 Å². The molecule has 1 aliphatic rings. The van der Waals surface area contributed by atoms with Crippen molar-refractivity contribution in [2.45, 2.75) is 17.7 Å². The molecule has 0 spiro atoms. The maximum absolute atomic E-state index is 11.7. The zero-order chi connectivity index (χ0) is 24.5. The molecule has 182 valence electrons. The second-order valence-corrected chi connectivity index (χ2v) is 10.0. The summed E-state index contributed by atoms with van der Waals surface area (Å²) in [5.74, 6) is 0.864. The normalized spacial score (nSPS) is 15.0. The number of thiol groups is 1. The minimum Gasteiger partial charge on any atom is -0.612 e. The second kappa shape index (κ2) is 9.81. The molecule has 36 heavy (non-hydrogen) atoms. The predicted octanol–water partition coefficient (Wildman–Crippen LogP) is 4.88. The molecule has 1 aliphatic heterocycles. The number of benzene rings is 3. The standard InChI is InChI=1S/C28H26N4O3S/c33-36(34)27-12-11-24(23-5-1-2-6-25(23)27)26-18-30-32-19-21(17-29-28(26)32)20-7-9-22(10-8-20)35-16-15-31-13-3-4-14-31/h1-2,5-12,17-19,36H,3-4,13-16H2. The molecule has 0 N–H and O–H groups in total. The summed E-state index contributed by atoms with van der Waals surface area (Å²) >= 11 is -2.69. The highest BCUT2D eigenvalue weighted by atomic mass is 32.2. The average molecular weight is 499 g/mol. The van der Waals surface area contributed by atoms with Crippen molar-refractivity contribution in [2.24, 2.45) is 0 Å². The van der Waals surface area contributed by atoms with Crippen LogP contribution in [-0.2, 0) is 15.3 Å². The SMILES string of the molecule is O=[SH+]([O-])c1ccc(-c2cnn3cc(-c4ccc(OCCN5CCCC5)cc4)cnc23)c2ccccc12. The molecule has 1 unspecified atom stereocenters. The highest BCUT2D eigenvalue weighted by molar-refractivity contribution is 7.79. The fourth-order valence-electron chi connectivity index (χ4n) is 4.93. The van der Waals surface area contributed by atoms with Crippen molar-refractivity contribution in [3.63, 3.8) is 0 Å². The number of hydrogen-bond acceptors (Lipinski definition) is 6. The molecule has 5 aromatic rings. The van der Waals surface area contributed by atoms with Crippen molar-refractivity contribution in [3.05, 3.63) is 79.3 Å². The first-order valence-corrected chi connectivity index (χ1v) is 13.3. The van der Waals surface area contributed by atoms with Gasteiger partial charge in [0.1, 0.15) is 12.4 Å². The Morgan fingerprint density at radius 3 is 2.44 bits per heavy atom. The van der Waals surface area contributed by atoms with E-state index in [1.54, 1.807) is 16.8 Å². The molecule has 0 saturated carbocycles. The van der Waals surface area contributed by atoms with Gasteiger partial charge < -0.3 is 9.29 Å². The lowest BCUT2D eigenvalue weighted by molar-refractivity contribution is 0.238.